The number of methoxy groups -OCH3 is 1. The normalized spacial score (nSPS) is 24.8. The summed E-state index contributed by atoms with van der Waals surface area (Å²) < 4.78 is 18.6. The van der Waals surface area contributed by atoms with Crippen LogP contribution in [0, 0.1) is 17.7 Å². The van der Waals surface area contributed by atoms with Crippen molar-refractivity contribution in [3.63, 3.8) is 0 Å². The van der Waals surface area contributed by atoms with Crippen molar-refractivity contribution < 1.29 is 13.9 Å². The van der Waals surface area contributed by atoms with E-state index in [0.29, 0.717) is 17.7 Å². The van der Waals surface area contributed by atoms with Crippen LogP contribution in [0.25, 0.3) is 0 Å². The number of anilines is 1. The number of likely N-dealkylation sites (tertiary alicyclic amines) is 2. The zero-order valence-electron chi connectivity index (χ0n) is 18.4. The summed E-state index contributed by atoms with van der Waals surface area (Å²) in [5.41, 5.74) is 1.88. The molecule has 3 atom stereocenters. The molecule has 2 aromatic rings. The number of amides is 1. The molecule has 0 bridgehead atoms. The summed E-state index contributed by atoms with van der Waals surface area (Å²) >= 11 is 0. The molecule has 0 saturated carbocycles. The Hall–Kier alpha value is -2.44. The lowest BCUT2D eigenvalue weighted by atomic mass is 9.87. The van der Waals surface area contributed by atoms with Gasteiger partial charge in [0.25, 0.3) is 0 Å². The summed E-state index contributed by atoms with van der Waals surface area (Å²) in [6.07, 6.45) is 3.23. The fourth-order valence-electron chi connectivity index (χ4n) is 5.15. The molecule has 0 unspecified atom stereocenters. The van der Waals surface area contributed by atoms with Crippen molar-refractivity contribution in [1.82, 2.24) is 9.80 Å². The van der Waals surface area contributed by atoms with Crippen LogP contribution in [-0.2, 0) is 11.3 Å². The lowest BCUT2D eigenvalue weighted by Gasteiger charge is -2.38. The van der Waals surface area contributed by atoms with Gasteiger partial charge in [-0.2, -0.15) is 0 Å². The van der Waals surface area contributed by atoms with E-state index in [4.69, 9.17) is 4.74 Å². The Morgan fingerprint density at radius 3 is 2.71 bits per heavy atom. The van der Waals surface area contributed by atoms with Gasteiger partial charge in [0.2, 0.25) is 5.91 Å². The second-order valence-corrected chi connectivity index (χ2v) is 8.89. The molecule has 1 amide bonds. The van der Waals surface area contributed by atoms with Crippen molar-refractivity contribution in [2.75, 3.05) is 39.1 Å². The Morgan fingerprint density at radius 2 is 1.94 bits per heavy atom. The minimum atomic E-state index is -0.190. The maximum absolute atomic E-state index is 13.2. The molecule has 5 nitrogen and oxygen atoms in total. The van der Waals surface area contributed by atoms with Crippen LogP contribution in [-0.4, -0.2) is 55.5 Å². The van der Waals surface area contributed by atoms with Crippen LogP contribution < -0.4 is 10.1 Å². The Morgan fingerprint density at radius 1 is 1.16 bits per heavy atom. The van der Waals surface area contributed by atoms with Gasteiger partial charge in [-0.1, -0.05) is 24.3 Å². The highest BCUT2D eigenvalue weighted by Crippen LogP contribution is 2.34. The Kier molecular flexibility index (Phi) is 6.88. The van der Waals surface area contributed by atoms with E-state index in [9.17, 15) is 9.18 Å². The first kappa shape index (κ1) is 21.8. The molecular weight excluding hydrogens is 393 g/mol. The predicted octanol–water partition coefficient (Wildman–Crippen LogP) is 4.01. The third-order valence-electron chi connectivity index (χ3n) is 6.74. The number of ether oxygens (including phenoxy) is 1. The van der Waals surface area contributed by atoms with Gasteiger partial charge in [0.05, 0.1) is 18.7 Å². The van der Waals surface area contributed by atoms with E-state index >= 15 is 0 Å². The monoisotopic (exact) mass is 425 g/mol. The molecule has 1 N–H and O–H groups in total. The molecule has 2 aliphatic heterocycles. The topological polar surface area (TPSA) is 44.8 Å². The van der Waals surface area contributed by atoms with E-state index < -0.39 is 0 Å². The van der Waals surface area contributed by atoms with E-state index in [1.807, 2.05) is 36.4 Å². The van der Waals surface area contributed by atoms with Crippen LogP contribution in [0.3, 0.4) is 0 Å². The molecule has 2 aliphatic rings. The van der Waals surface area contributed by atoms with Crippen LogP contribution in [0.1, 0.15) is 24.8 Å². The molecule has 0 aromatic heterocycles. The van der Waals surface area contributed by atoms with Gasteiger partial charge in [-0.15, -0.1) is 0 Å². The SMILES string of the molecule is COc1ccccc1NC(=O)[C@@H]1C[C@H]([C@@H]2CCCN(Cc3ccc(F)cc3)C2)N(C)C1. The minimum Gasteiger partial charge on any atom is -0.495 e. The number of para-hydroxylation sites is 2. The number of benzene rings is 2. The van der Waals surface area contributed by atoms with Crippen LogP contribution in [0.15, 0.2) is 48.5 Å². The Balaban J connectivity index is 1.35. The summed E-state index contributed by atoms with van der Waals surface area (Å²) in [5.74, 6) is 1.08. The lowest BCUT2D eigenvalue weighted by Crippen LogP contribution is -2.43. The highest BCUT2D eigenvalue weighted by molar-refractivity contribution is 5.94. The average molecular weight is 426 g/mol. The standard InChI is InChI=1S/C25H32FN3O2/c1-28-16-20(25(30)27-22-7-3-4-8-24(22)31-2)14-23(28)19-6-5-13-29(17-19)15-18-9-11-21(26)12-10-18/h3-4,7-12,19-20,23H,5-6,13-17H2,1-2H3,(H,27,30)/t19-,20-,23-/m1/s1. The van der Waals surface area contributed by atoms with Crippen molar-refractivity contribution in [3.8, 4) is 5.75 Å². The average Bonchev–Trinajstić information content (AvgIpc) is 3.18. The van der Waals surface area contributed by atoms with Crippen molar-refractivity contribution in [3.05, 3.63) is 59.9 Å². The number of carbonyl (C=O) groups excluding carboxylic acids is 1. The van der Waals surface area contributed by atoms with Crippen molar-refractivity contribution in [1.29, 1.82) is 0 Å². The molecule has 31 heavy (non-hydrogen) atoms. The summed E-state index contributed by atoms with van der Waals surface area (Å²) in [6.45, 7) is 3.72. The predicted molar refractivity (Wildman–Crippen MR) is 121 cm³/mol. The van der Waals surface area contributed by atoms with Gasteiger partial charge in [-0.05, 0) is 68.6 Å². The van der Waals surface area contributed by atoms with Gasteiger partial charge in [0, 0.05) is 25.7 Å². The molecule has 2 saturated heterocycles. The third-order valence-corrected chi connectivity index (χ3v) is 6.74. The number of rotatable bonds is 6. The number of piperidine rings is 1. The largest absolute Gasteiger partial charge is 0.495 e. The van der Waals surface area contributed by atoms with Gasteiger partial charge < -0.3 is 15.0 Å². The second kappa shape index (κ2) is 9.79. The summed E-state index contributed by atoms with van der Waals surface area (Å²) in [7, 11) is 3.76. The quantitative estimate of drug-likeness (QED) is 0.760. The smallest absolute Gasteiger partial charge is 0.228 e. The third kappa shape index (κ3) is 5.25. The van der Waals surface area contributed by atoms with Crippen LogP contribution >= 0.6 is 0 Å². The summed E-state index contributed by atoms with van der Waals surface area (Å²) in [5, 5.41) is 3.06. The number of hydrogen-bond donors (Lipinski definition) is 1. The number of nitrogens with one attached hydrogen (secondary N) is 1. The van der Waals surface area contributed by atoms with E-state index in [0.717, 1.165) is 50.3 Å². The fourth-order valence-corrected chi connectivity index (χ4v) is 5.15. The molecule has 2 fully saturated rings. The number of carbonyl (C=O) groups is 1. The maximum Gasteiger partial charge on any atom is 0.228 e. The zero-order valence-corrected chi connectivity index (χ0v) is 18.4. The van der Waals surface area contributed by atoms with Gasteiger partial charge in [0.1, 0.15) is 11.6 Å². The van der Waals surface area contributed by atoms with Gasteiger partial charge in [-0.25, -0.2) is 4.39 Å². The minimum absolute atomic E-state index is 0.0209. The highest BCUT2D eigenvalue weighted by atomic mass is 19.1. The molecular formula is C25H32FN3O2. The number of hydrogen-bond acceptors (Lipinski definition) is 4. The van der Waals surface area contributed by atoms with Gasteiger partial charge >= 0.3 is 0 Å². The Labute approximate surface area is 184 Å². The van der Waals surface area contributed by atoms with Crippen LogP contribution in [0.2, 0.25) is 0 Å². The molecule has 4 rings (SSSR count). The first-order valence-corrected chi connectivity index (χ1v) is 11.1. The maximum atomic E-state index is 13.2. The first-order chi connectivity index (χ1) is 15.0. The number of nitrogens with zero attached hydrogens (tertiary/aromatic N) is 2. The van der Waals surface area contributed by atoms with Crippen molar-refractivity contribution in [2.45, 2.75) is 31.8 Å². The van der Waals surface area contributed by atoms with Crippen LogP contribution in [0.5, 0.6) is 5.75 Å². The molecule has 0 spiro atoms. The highest BCUT2D eigenvalue weighted by Gasteiger charge is 2.39. The number of halogens is 1. The lowest BCUT2D eigenvalue weighted by molar-refractivity contribution is -0.119. The van der Waals surface area contributed by atoms with Crippen molar-refractivity contribution >= 4 is 11.6 Å². The van der Waals surface area contributed by atoms with E-state index in [1.165, 1.54) is 18.6 Å². The fraction of sp³-hybridized carbons (Fsp3) is 0.480. The Bertz CT molecular complexity index is 889. The van der Waals surface area contributed by atoms with Crippen molar-refractivity contribution in [2.24, 2.45) is 11.8 Å². The molecule has 2 aromatic carbocycles. The van der Waals surface area contributed by atoms with E-state index in [-0.39, 0.29) is 17.6 Å². The molecule has 6 heteroatoms. The van der Waals surface area contributed by atoms with Crippen LogP contribution in [0.4, 0.5) is 10.1 Å². The molecule has 0 aliphatic carbocycles. The first-order valence-electron chi connectivity index (χ1n) is 11.1. The zero-order chi connectivity index (χ0) is 21.8. The van der Waals surface area contributed by atoms with E-state index in [1.54, 1.807) is 7.11 Å². The molecule has 2 heterocycles. The summed E-state index contributed by atoms with van der Waals surface area (Å²) in [6, 6.07) is 14.8. The molecule has 0 radical (unpaired) electrons. The van der Waals surface area contributed by atoms with E-state index in [2.05, 4.69) is 22.2 Å². The summed E-state index contributed by atoms with van der Waals surface area (Å²) in [4.78, 5) is 17.8. The van der Waals surface area contributed by atoms with Gasteiger partial charge in [-0.3, -0.25) is 9.69 Å². The molecule has 166 valence electrons. The second-order valence-electron chi connectivity index (χ2n) is 8.89. The van der Waals surface area contributed by atoms with Gasteiger partial charge in [0.15, 0.2) is 0 Å².